The van der Waals surface area contributed by atoms with Gasteiger partial charge in [0.25, 0.3) is 0 Å². The van der Waals surface area contributed by atoms with Crippen LogP contribution >= 0.6 is 0 Å². The summed E-state index contributed by atoms with van der Waals surface area (Å²) in [4.78, 5) is 27.5. The van der Waals surface area contributed by atoms with Gasteiger partial charge >= 0.3 is 12.0 Å². The molecule has 0 unspecified atom stereocenters. The molecule has 6 heteroatoms. The summed E-state index contributed by atoms with van der Waals surface area (Å²) >= 11 is 0. The highest BCUT2D eigenvalue weighted by atomic mass is 16.5. The third kappa shape index (κ3) is 2.73. The summed E-state index contributed by atoms with van der Waals surface area (Å²) in [6.07, 6.45) is 3.23. The van der Waals surface area contributed by atoms with Crippen LogP contribution in [0.25, 0.3) is 0 Å². The molecule has 1 aromatic rings. The molecule has 1 aliphatic heterocycles. The molecular formula is C13H15N3O3. The van der Waals surface area contributed by atoms with Gasteiger partial charge in [0, 0.05) is 18.1 Å². The first kappa shape index (κ1) is 13.1. The van der Waals surface area contributed by atoms with E-state index in [9.17, 15) is 9.59 Å². The van der Waals surface area contributed by atoms with Gasteiger partial charge in [0.05, 0.1) is 18.2 Å². The minimum atomic E-state index is -0.518. The number of esters is 1. The normalized spacial score (nSPS) is 18.6. The Balaban J connectivity index is 2.41. The van der Waals surface area contributed by atoms with Gasteiger partial charge in [-0.1, -0.05) is 0 Å². The van der Waals surface area contributed by atoms with Crippen molar-refractivity contribution in [1.82, 2.24) is 15.6 Å². The van der Waals surface area contributed by atoms with Crippen molar-refractivity contribution < 1.29 is 14.3 Å². The molecule has 1 aromatic heterocycles. The average molecular weight is 261 g/mol. The van der Waals surface area contributed by atoms with Gasteiger partial charge in [-0.3, -0.25) is 4.98 Å². The number of rotatable bonds is 3. The maximum Gasteiger partial charge on any atom is 0.338 e. The van der Waals surface area contributed by atoms with Crippen molar-refractivity contribution in [2.45, 2.75) is 19.9 Å². The SMILES string of the molecule is CCOC(=O)C1=C(C)NC(=O)N[C@@H]1c1ccncc1. The van der Waals surface area contributed by atoms with E-state index in [0.717, 1.165) is 5.56 Å². The van der Waals surface area contributed by atoms with E-state index in [1.165, 1.54) is 0 Å². The lowest BCUT2D eigenvalue weighted by atomic mass is 9.96. The van der Waals surface area contributed by atoms with Crippen molar-refractivity contribution in [1.29, 1.82) is 0 Å². The van der Waals surface area contributed by atoms with Crippen LogP contribution < -0.4 is 10.6 Å². The first-order valence-corrected chi connectivity index (χ1v) is 5.98. The van der Waals surface area contributed by atoms with Crippen molar-refractivity contribution in [2.24, 2.45) is 0 Å². The number of ether oxygens (including phenoxy) is 1. The van der Waals surface area contributed by atoms with Crippen molar-refractivity contribution in [3.8, 4) is 0 Å². The van der Waals surface area contributed by atoms with Crippen LogP contribution in [0.2, 0.25) is 0 Å². The van der Waals surface area contributed by atoms with E-state index in [0.29, 0.717) is 11.3 Å². The predicted octanol–water partition coefficient (Wildman–Crippen LogP) is 1.27. The number of nitrogens with zero attached hydrogens (tertiary/aromatic N) is 1. The first-order chi connectivity index (χ1) is 9.13. The van der Waals surface area contributed by atoms with Gasteiger partial charge in [0.1, 0.15) is 0 Å². The van der Waals surface area contributed by atoms with Gasteiger partial charge in [-0.25, -0.2) is 9.59 Å². The third-order valence-corrected chi connectivity index (χ3v) is 2.80. The lowest BCUT2D eigenvalue weighted by Gasteiger charge is -2.27. The van der Waals surface area contributed by atoms with Crippen LogP contribution in [-0.2, 0) is 9.53 Å². The summed E-state index contributed by atoms with van der Waals surface area (Å²) in [5.41, 5.74) is 1.70. The quantitative estimate of drug-likeness (QED) is 0.803. The van der Waals surface area contributed by atoms with Gasteiger partial charge in [-0.15, -0.1) is 0 Å². The van der Waals surface area contributed by atoms with Crippen LogP contribution in [0.4, 0.5) is 4.79 Å². The van der Waals surface area contributed by atoms with E-state index in [1.54, 1.807) is 38.4 Å². The Labute approximate surface area is 110 Å². The number of amides is 2. The molecule has 2 N–H and O–H groups in total. The van der Waals surface area contributed by atoms with Crippen molar-refractivity contribution in [3.63, 3.8) is 0 Å². The minimum Gasteiger partial charge on any atom is -0.463 e. The number of urea groups is 1. The Morgan fingerprint density at radius 1 is 1.42 bits per heavy atom. The number of aromatic nitrogens is 1. The Morgan fingerprint density at radius 3 is 2.74 bits per heavy atom. The zero-order valence-corrected chi connectivity index (χ0v) is 10.8. The molecule has 2 amide bonds. The first-order valence-electron chi connectivity index (χ1n) is 5.98. The summed E-state index contributed by atoms with van der Waals surface area (Å²) < 4.78 is 5.04. The van der Waals surface area contributed by atoms with Crippen LogP contribution in [0.5, 0.6) is 0 Å². The van der Waals surface area contributed by atoms with Gasteiger partial charge in [-0.2, -0.15) is 0 Å². The van der Waals surface area contributed by atoms with Crippen LogP contribution in [0, 0.1) is 0 Å². The Hall–Kier alpha value is -2.37. The highest BCUT2D eigenvalue weighted by molar-refractivity contribution is 5.94. The van der Waals surface area contributed by atoms with Crippen LogP contribution in [0.3, 0.4) is 0 Å². The molecule has 0 aliphatic carbocycles. The second-order valence-electron chi connectivity index (χ2n) is 4.07. The molecule has 0 saturated heterocycles. The lowest BCUT2D eigenvalue weighted by molar-refractivity contribution is -0.139. The van der Waals surface area contributed by atoms with E-state index in [1.807, 2.05) is 0 Å². The molecule has 1 aliphatic rings. The topological polar surface area (TPSA) is 80.3 Å². The molecule has 0 spiro atoms. The zero-order chi connectivity index (χ0) is 13.8. The molecule has 100 valence electrons. The molecule has 1 atom stereocenters. The fraction of sp³-hybridized carbons (Fsp3) is 0.308. The summed E-state index contributed by atoms with van der Waals surface area (Å²) in [5.74, 6) is -0.436. The molecular weight excluding hydrogens is 246 g/mol. The smallest absolute Gasteiger partial charge is 0.338 e. The Morgan fingerprint density at radius 2 is 2.11 bits per heavy atom. The van der Waals surface area contributed by atoms with E-state index in [2.05, 4.69) is 15.6 Å². The average Bonchev–Trinajstić information content (AvgIpc) is 2.39. The van der Waals surface area contributed by atoms with Gasteiger partial charge in [0.15, 0.2) is 0 Å². The maximum atomic E-state index is 12.0. The number of carbonyl (C=O) groups is 2. The van der Waals surface area contributed by atoms with Crippen LogP contribution in [0.15, 0.2) is 35.8 Å². The number of hydrogen-bond acceptors (Lipinski definition) is 4. The summed E-state index contributed by atoms with van der Waals surface area (Å²) in [6.45, 7) is 3.70. The van der Waals surface area contributed by atoms with Crippen LogP contribution in [-0.4, -0.2) is 23.6 Å². The second kappa shape index (κ2) is 5.51. The molecule has 0 saturated carbocycles. The monoisotopic (exact) mass is 261 g/mol. The minimum absolute atomic E-state index is 0.284. The standard InChI is InChI=1S/C13H15N3O3/c1-3-19-12(17)10-8(2)15-13(18)16-11(10)9-4-6-14-7-5-9/h4-7,11H,3H2,1-2H3,(H2,15,16,18)/t11-/m1/s1. The number of hydrogen-bond donors (Lipinski definition) is 2. The Kier molecular flexibility index (Phi) is 3.79. The fourth-order valence-electron chi connectivity index (χ4n) is 1.98. The van der Waals surface area contributed by atoms with Gasteiger partial charge < -0.3 is 15.4 Å². The predicted molar refractivity (Wildman–Crippen MR) is 68.0 cm³/mol. The molecule has 6 nitrogen and oxygen atoms in total. The zero-order valence-electron chi connectivity index (χ0n) is 10.8. The molecule has 2 heterocycles. The number of nitrogens with one attached hydrogen (secondary N) is 2. The summed E-state index contributed by atoms with van der Waals surface area (Å²) in [6, 6.07) is 2.65. The number of allylic oxidation sites excluding steroid dienone is 1. The van der Waals surface area contributed by atoms with E-state index >= 15 is 0 Å². The third-order valence-electron chi connectivity index (χ3n) is 2.80. The van der Waals surface area contributed by atoms with Crippen molar-refractivity contribution in [2.75, 3.05) is 6.61 Å². The molecule has 19 heavy (non-hydrogen) atoms. The highest BCUT2D eigenvalue weighted by Gasteiger charge is 2.31. The molecule has 0 aromatic carbocycles. The fourth-order valence-corrected chi connectivity index (χ4v) is 1.98. The lowest BCUT2D eigenvalue weighted by Crippen LogP contribution is -2.45. The molecule has 0 radical (unpaired) electrons. The van der Waals surface area contributed by atoms with E-state index in [4.69, 9.17) is 4.74 Å². The van der Waals surface area contributed by atoms with Crippen molar-refractivity contribution in [3.05, 3.63) is 41.4 Å². The van der Waals surface area contributed by atoms with Crippen molar-refractivity contribution >= 4 is 12.0 Å². The van der Waals surface area contributed by atoms with Gasteiger partial charge in [0.2, 0.25) is 0 Å². The number of pyridine rings is 1. The molecule has 2 rings (SSSR count). The highest BCUT2D eigenvalue weighted by Crippen LogP contribution is 2.26. The Bertz CT molecular complexity index is 525. The number of carbonyl (C=O) groups excluding carboxylic acids is 2. The molecule has 0 bridgehead atoms. The second-order valence-corrected chi connectivity index (χ2v) is 4.07. The summed E-state index contributed by atoms with van der Waals surface area (Å²) in [5, 5.41) is 5.30. The van der Waals surface area contributed by atoms with E-state index < -0.39 is 12.0 Å². The van der Waals surface area contributed by atoms with Crippen LogP contribution in [0.1, 0.15) is 25.5 Å². The van der Waals surface area contributed by atoms with E-state index in [-0.39, 0.29) is 12.6 Å². The largest absolute Gasteiger partial charge is 0.463 e. The maximum absolute atomic E-state index is 12.0. The summed E-state index contributed by atoms with van der Waals surface area (Å²) in [7, 11) is 0. The molecule has 0 fully saturated rings. The van der Waals surface area contributed by atoms with Gasteiger partial charge in [-0.05, 0) is 31.5 Å².